The van der Waals surface area contributed by atoms with Crippen molar-refractivity contribution in [2.24, 2.45) is 5.92 Å². The Labute approximate surface area is 174 Å². The molecular weight excluding hydrogens is 392 g/mol. The standard InChI is InChI=1S/C20H34N4O4S/c1-16(2)19(20(25)21-26)24(15-14-22(3)4)29(27,28)23-12-10-18(11-13-23)17-8-6-5-7-9-17/h5-9,16,18-19,26H,10-15H2,1-4H3,(H,21,25)/t19-/m0/s1. The smallest absolute Gasteiger partial charge is 0.282 e. The van der Waals surface area contributed by atoms with Gasteiger partial charge in [0.15, 0.2) is 0 Å². The summed E-state index contributed by atoms with van der Waals surface area (Å²) in [4.78, 5) is 14.2. The van der Waals surface area contributed by atoms with Crippen LogP contribution in [0.25, 0.3) is 0 Å². The molecule has 164 valence electrons. The van der Waals surface area contributed by atoms with Crippen LogP contribution in [0.15, 0.2) is 30.3 Å². The van der Waals surface area contributed by atoms with Gasteiger partial charge in [0.2, 0.25) is 0 Å². The number of carbonyl (C=O) groups excluding carboxylic acids is 1. The van der Waals surface area contributed by atoms with Gasteiger partial charge in [-0.2, -0.15) is 17.0 Å². The molecule has 1 aromatic carbocycles. The van der Waals surface area contributed by atoms with Gasteiger partial charge in [-0.3, -0.25) is 10.0 Å². The summed E-state index contributed by atoms with van der Waals surface area (Å²) < 4.78 is 29.7. The van der Waals surface area contributed by atoms with Crippen molar-refractivity contribution in [3.8, 4) is 0 Å². The predicted octanol–water partition coefficient (Wildman–Crippen LogP) is 1.50. The van der Waals surface area contributed by atoms with E-state index in [0.29, 0.717) is 25.6 Å². The Balaban J connectivity index is 2.21. The molecule has 1 saturated heterocycles. The highest BCUT2D eigenvalue weighted by molar-refractivity contribution is 7.86. The third-order valence-corrected chi connectivity index (χ3v) is 7.46. The molecule has 29 heavy (non-hydrogen) atoms. The first-order chi connectivity index (χ1) is 13.7. The summed E-state index contributed by atoms with van der Waals surface area (Å²) in [5.74, 6) is -0.665. The van der Waals surface area contributed by atoms with Crippen molar-refractivity contribution < 1.29 is 18.4 Å². The highest BCUT2D eigenvalue weighted by Crippen LogP contribution is 2.30. The summed E-state index contributed by atoms with van der Waals surface area (Å²) >= 11 is 0. The van der Waals surface area contributed by atoms with Crippen molar-refractivity contribution in [2.45, 2.75) is 38.6 Å². The summed E-state index contributed by atoms with van der Waals surface area (Å²) in [5.41, 5.74) is 2.87. The number of benzene rings is 1. The van der Waals surface area contributed by atoms with Crippen LogP contribution in [0.5, 0.6) is 0 Å². The number of nitrogens with one attached hydrogen (secondary N) is 1. The first-order valence-electron chi connectivity index (χ1n) is 10.1. The van der Waals surface area contributed by atoms with E-state index in [2.05, 4.69) is 12.1 Å². The lowest BCUT2D eigenvalue weighted by Gasteiger charge is -2.39. The second kappa shape index (κ2) is 10.5. The summed E-state index contributed by atoms with van der Waals surface area (Å²) in [5, 5.41) is 9.17. The number of amides is 1. The summed E-state index contributed by atoms with van der Waals surface area (Å²) in [6.07, 6.45) is 1.48. The topological polar surface area (TPSA) is 93.2 Å². The minimum atomic E-state index is -3.86. The summed E-state index contributed by atoms with van der Waals surface area (Å²) in [6, 6.07) is 9.17. The van der Waals surface area contributed by atoms with E-state index in [-0.39, 0.29) is 12.5 Å². The lowest BCUT2D eigenvalue weighted by atomic mass is 9.90. The molecule has 0 saturated carbocycles. The minimum absolute atomic E-state index is 0.171. The lowest BCUT2D eigenvalue weighted by molar-refractivity contribution is -0.134. The zero-order valence-corrected chi connectivity index (χ0v) is 18.6. The monoisotopic (exact) mass is 426 g/mol. The molecule has 1 aromatic rings. The third-order valence-electron chi connectivity index (χ3n) is 5.44. The fourth-order valence-electron chi connectivity index (χ4n) is 3.82. The molecule has 0 bridgehead atoms. The Hall–Kier alpha value is -1.52. The van der Waals surface area contributed by atoms with Gasteiger partial charge in [0.05, 0.1) is 0 Å². The van der Waals surface area contributed by atoms with Crippen LogP contribution in [-0.2, 0) is 15.0 Å². The molecule has 1 aliphatic rings. The van der Waals surface area contributed by atoms with Crippen LogP contribution in [0.4, 0.5) is 0 Å². The van der Waals surface area contributed by atoms with Crippen molar-refractivity contribution in [1.82, 2.24) is 19.0 Å². The second-order valence-electron chi connectivity index (χ2n) is 8.17. The molecular formula is C20H34N4O4S. The molecule has 0 aliphatic carbocycles. The van der Waals surface area contributed by atoms with Crippen molar-refractivity contribution in [2.75, 3.05) is 40.3 Å². The molecule has 0 aromatic heterocycles. The Kier molecular flexibility index (Phi) is 8.59. The van der Waals surface area contributed by atoms with Crippen LogP contribution >= 0.6 is 0 Å². The molecule has 0 radical (unpaired) electrons. The zero-order chi connectivity index (χ0) is 21.6. The Bertz CT molecular complexity index is 747. The molecule has 1 atom stereocenters. The normalized spacial score (nSPS) is 17.8. The van der Waals surface area contributed by atoms with E-state index < -0.39 is 22.2 Å². The quantitative estimate of drug-likeness (QED) is 0.461. The van der Waals surface area contributed by atoms with E-state index in [1.165, 1.54) is 14.2 Å². The Morgan fingerprint density at radius 3 is 2.24 bits per heavy atom. The number of rotatable bonds is 9. The van der Waals surface area contributed by atoms with Gasteiger partial charge >= 0.3 is 0 Å². The molecule has 1 aliphatic heterocycles. The molecule has 2 N–H and O–H groups in total. The van der Waals surface area contributed by atoms with Crippen LogP contribution in [-0.4, -0.2) is 79.4 Å². The fourth-order valence-corrected chi connectivity index (χ4v) is 5.73. The van der Waals surface area contributed by atoms with Crippen molar-refractivity contribution >= 4 is 16.1 Å². The van der Waals surface area contributed by atoms with E-state index >= 15 is 0 Å². The van der Waals surface area contributed by atoms with Crippen molar-refractivity contribution in [3.05, 3.63) is 35.9 Å². The fraction of sp³-hybridized carbons (Fsp3) is 0.650. The molecule has 2 rings (SSSR count). The van der Waals surface area contributed by atoms with Gasteiger partial charge in [0.25, 0.3) is 16.1 Å². The average Bonchev–Trinajstić information content (AvgIpc) is 2.70. The predicted molar refractivity (Wildman–Crippen MR) is 113 cm³/mol. The van der Waals surface area contributed by atoms with Gasteiger partial charge in [0, 0.05) is 26.2 Å². The van der Waals surface area contributed by atoms with Crippen LogP contribution in [0.1, 0.15) is 38.2 Å². The van der Waals surface area contributed by atoms with E-state index in [1.807, 2.05) is 37.2 Å². The molecule has 1 fully saturated rings. The van der Waals surface area contributed by atoms with E-state index in [1.54, 1.807) is 19.3 Å². The van der Waals surface area contributed by atoms with Gasteiger partial charge in [-0.05, 0) is 44.3 Å². The maximum atomic E-state index is 13.5. The number of likely N-dealkylation sites (N-methyl/N-ethyl adjacent to an activating group) is 1. The minimum Gasteiger partial charge on any atom is -0.308 e. The lowest BCUT2D eigenvalue weighted by Crippen LogP contribution is -2.57. The number of hydrogen-bond donors (Lipinski definition) is 2. The SMILES string of the molecule is CC(C)[C@@H](C(=O)NO)N(CCN(C)C)S(=O)(=O)N1CCC(c2ccccc2)CC1. The summed E-state index contributed by atoms with van der Waals surface area (Å²) in [6.45, 7) is 5.02. The van der Waals surface area contributed by atoms with Crippen LogP contribution in [0.2, 0.25) is 0 Å². The van der Waals surface area contributed by atoms with E-state index in [9.17, 15) is 18.4 Å². The van der Waals surface area contributed by atoms with Crippen LogP contribution in [0.3, 0.4) is 0 Å². The van der Waals surface area contributed by atoms with Gasteiger partial charge in [-0.25, -0.2) is 5.48 Å². The van der Waals surface area contributed by atoms with Crippen molar-refractivity contribution in [1.29, 1.82) is 0 Å². The summed E-state index contributed by atoms with van der Waals surface area (Å²) in [7, 11) is -0.149. The number of piperidine rings is 1. The molecule has 0 unspecified atom stereocenters. The van der Waals surface area contributed by atoms with E-state index in [0.717, 1.165) is 12.8 Å². The average molecular weight is 427 g/mol. The maximum Gasteiger partial charge on any atom is 0.282 e. The molecule has 0 spiro atoms. The zero-order valence-electron chi connectivity index (χ0n) is 17.8. The number of carbonyl (C=O) groups is 1. The maximum absolute atomic E-state index is 13.5. The van der Waals surface area contributed by atoms with Gasteiger partial charge in [-0.1, -0.05) is 44.2 Å². The number of hydroxylamine groups is 1. The van der Waals surface area contributed by atoms with Gasteiger partial charge in [0.1, 0.15) is 6.04 Å². The van der Waals surface area contributed by atoms with Gasteiger partial charge < -0.3 is 4.90 Å². The Morgan fingerprint density at radius 1 is 1.17 bits per heavy atom. The molecule has 9 heteroatoms. The third kappa shape index (κ3) is 5.99. The number of nitrogens with zero attached hydrogens (tertiary/aromatic N) is 3. The first kappa shape index (κ1) is 23.8. The van der Waals surface area contributed by atoms with Gasteiger partial charge in [-0.15, -0.1) is 0 Å². The van der Waals surface area contributed by atoms with Crippen LogP contribution in [0, 0.1) is 5.92 Å². The molecule has 8 nitrogen and oxygen atoms in total. The highest BCUT2D eigenvalue weighted by atomic mass is 32.2. The Morgan fingerprint density at radius 2 is 1.76 bits per heavy atom. The second-order valence-corrected chi connectivity index (χ2v) is 10.1. The molecule has 1 amide bonds. The number of hydrogen-bond acceptors (Lipinski definition) is 5. The first-order valence-corrected chi connectivity index (χ1v) is 11.5. The van der Waals surface area contributed by atoms with Crippen LogP contribution < -0.4 is 5.48 Å². The highest BCUT2D eigenvalue weighted by Gasteiger charge is 2.41. The van der Waals surface area contributed by atoms with E-state index in [4.69, 9.17) is 0 Å². The molecule has 1 heterocycles. The largest absolute Gasteiger partial charge is 0.308 e. The van der Waals surface area contributed by atoms with Crippen molar-refractivity contribution in [3.63, 3.8) is 0 Å².